The zero-order chi connectivity index (χ0) is 16.8. The van der Waals surface area contributed by atoms with E-state index in [2.05, 4.69) is 22.5 Å². The molecule has 1 atom stereocenters. The highest BCUT2D eigenvalue weighted by atomic mass is 19.1. The number of aromatic nitrogens is 1. The van der Waals surface area contributed by atoms with E-state index >= 15 is 0 Å². The van der Waals surface area contributed by atoms with Gasteiger partial charge in [0.25, 0.3) is 0 Å². The van der Waals surface area contributed by atoms with E-state index in [1.807, 2.05) is 30.5 Å². The molecular weight excluding hydrogens is 305 g/mol. The van der Waals surface area contributed by atoms with E-state index in [0.717, 1.165) is 44.0 Å². The van der Waals surface area contributed by atoms with Crippen molar-refractivity contribution in [3.05, 3.63) is 59.5 Å². The van der Waals surface area contributed by atoms with Crippen molar-refractivity contribution in [2.75, 3.05) is 38.2 Å². The Labute approximate surface area is 142 Å². The first-order chi connectivity index (χ1) is 11.7. The third kappa shape index (κ3) is 4.10. The van der Waals surface area contributed by atoms with Gasteiger partial charge in [-0.25, -0.2) is 9.37 Å². The van der Waals surface area contributed by atoms with Gasteiger partial charge in [-0.05, 0) is 48.7 Å². The molecule has 2 heterocycles. The fraction of sp³-hybridized carbons (Fsp3) is 0.421. The van der Waals surface area contributed by atoms with Crippen molar-refractivity contribution in [1.82, 2.24) is 10.3 Å². The van der Waals surface area contributed by atoms with Crippen LogP contribution in [0.1, 0.15) is 17.5 Å². The highest BCUT2D eigenvalue weighted by Gasteiger charge is 2.36. The number of hydrogen-bond donors (Lipinski definition) is 2. The van der Waals surface area contributed by atoms with Gasteiger partial charge in [-0.15, -0.1) is 0 Å². The average Bonchev–Trinajstić information content (AvgIpc) is 3.05. The molecule has 2 N–H and O–H groups in total. The van der Waals surface area contributed by atoms with Crippen molar-refractivity contribution in [1.29, 1.82) is 0 Å². The monoisotopic (exact) mass is 329 g/mol. The molecule has 1 fully saturated rings. The van der Waals surface area contributed by atoms with Crippen LogP contribution in [0.25, 0.3) is 0 Å². The second-order valence-corrected chi connectivity index (χ2v) is 6.41. The quantitative estimate of drug-likeness (QED) is 0.767. The standard InChI is InChI=1S/C19H24FN3O/c1-15-6-8-22-18(12-15)23-10-9-21-13-19(7-11-24-14-19)16-2-4-17(20)5-3-16/h2-6,8,12,21H,7,9-11,13-14H2,1H3,(H,22,23). The first-order valence-electron chi connectivity index (χ1n) is 8.39. The summed E-state index contributed by atoms with van der Waals surface area (Å²) in [5.41, 5.74) is 2.27. The largest absolute Gasteiger partial charge is 0.380 e. The second-order valence-electron chi connectivity index (χ2n) is 6.41. The van der Waals surface area contributed by atoms with Crippen LogP contribution < -0.4 is 10.6 Å². The van der Waals surface area contributed by atoms with E-state index in [1.165, 1.54) is 17.7 Å². The minimum Gasteiger partial charge on any atom is -0.380 e. The van der Waals surface area contributed by atoms with Crippen molar-refractivity contribution in [2.45, 2.75) is 18.8 Å². The van der Waals surface area contributed by atoms with Gasteiger partial charge in [-0.1, -0.05) is 12.1 Å². The summed E-state index contributed by atoms with van der Waals surface area (Å²) in [6, 6.07) is 10.8. The first-order valence-corrected chi connectivity index (χ1v) is 8.39. The predicted molar refractivity (Wildman–Crippen MR) is 93.8 cm³/mol. The summed E-state index contributed by atoms with van der Waals surface area (Å²) in [5, 5.41) is 6.82. The maximum absolute atomic E-state index is 13.2. The molecular formula is C19H24FN3O. The molecule has 0 saturated carbocycles. The fourth-order valence-electron chi connectivity index (χ4n) is 3.12. The van der Waals surface area contributed by atoms with E-state index in [1.54, 1.807) is 0 Å². The number of hydrogen-bond acceptors (Lipinski definition) is 4. The van der Waals surface area contributed by atoms with Crippen molar-refractivity contribution >= 4 is 5.82 Å². The second kappa shape index (κ2) is 7.73. The third-order valence-electron chi connectivity index (χ3n) is 4.55. The van der Waals surface area contributed by atoms with Gasteiger partial charge in [0, 0.05) is 37.9 Å². The minimum absolute atomic E-state index is 0.0602. The van der Waals surface area contributed by atoms with E-state index in [-0.39, 0.29) is 11.2 Å². The first kappa shape index (κ1) is 16.9. The molecule has 1 aromatic heterocycles. The Hall–Kier alpha value is -1.98. The molecule has 24 heavy (non-hydrogen) atoms. The van der Waals surface area contributed by atoms with Crippen molar-refractivity contribution < 1.29 is 9.13 Å². The molecule has 0 bridgehead atoms. The number of anilines is 1. The molecule has 4 nitrogen and oxygen atoms in total. The molecule has 0 spiro atoms. The fourth-order valence-corrected chi connectivity index (χ4v) is 3.12. The van der Waals surface area contributed by atoms with Crippen molar-refractivity contribution in [3.63, 3.8) is 0 Å². The summed E-state index contributed by atoms with van der Waals surface area (Å²) < 4.78 is 18.8. The molecule has 1 aliphatic heterocycles. The predicted octanol–water partition coefficient (Wildman–Crippen LogP) is 2.89. The Morgan fingerprint density at radius 1 is 1.21 bits per heavy atom. The van der Waals surface area contributed by atoms with Crippen LogP contribution in [-0.4, -0.2) is 37.8 Å². The van der Waals surface area contributed by atoms with Crippen LogP contribution in [0.5, 0.6) is 0 Å². The number of benzene rings is 1. The minimum atomic E-state index is -0.198. The van der Waals surface area contributed by atoms with Crippen LogP contribution in [0.15, 0.2) is 42.6 Å². The molecule has 0 aliphatic carbocycles. The smallest absolute Gasteiger partial charge is 0.126 e. The number of ether oxygens (including phenoxy) is 1. The van der Waals surface area contributed by atoms with Crippen LogP contribution in [0.3, 0.4) is 0 Å². The normalized spacial score (nSPS) is 20.2. The molecule has 0 radical (unpaired) electrons. The number of nitrogens with zero attached hydrogens (tertiary/aromatic N) is 1. The Morgan fingerprint density at radius 3 is 2.75 bits per heavy atom. The number of aryl methyl sites for hydroxylation is 1. The number of pyridine rings is 1. The Morgan fingerprint density at radius 2 is 2.04 bits per heavy atom. The number of halogens is 1. The molecule has 0 amide bonds. The zero-order valence-corrected chi connectivity index (χ0v) is 14.0. The van der Waals surface area contributed by atoms with E-state index in [4.69, 9.17) is 4.74 Å². The molecule has 1 aromatic carbocycles. The topological polar surface area (TPSA) is 46.2 Å². The maximum Gasteiger partial charge on any atom is 0.126 e. The Balaban J connectivity index is 1.51. The maximum atomic E-state index is 13.2. The van der Waals surface area contributed by atoms with E-state index in [9.17, 15) is 4.39 Å². The third-order valence-corrected chi connectivity index (χ3v) is 4.55. The highest BCUT2D eigenvalue weighted by molar-refractivity contribution is 5.36. The van der Waals surface area contributed by atoms with E-state index in [0.29, 0.717) is 6.61 Å². The van der Waals surface area contributed by atoms with Crippen LogP contribution in [-0.2, 0) is 10.2 Å². The van der Waals surface area contributed by atoms with Crippen LogP contribution >= 0.6 is 0 Å². The summed E-state index contributed by atoms with van der Waals surface area (Å²) in [7, 11) is 0. The molecule has 5 heteroatoms. The average molecular weight is 329 g/mol. The highest BCUT2D eigenvalue weighted by Crippen LogP contribution is 2.32. The van der Waals surface area contributed by atoms with Gasteiger partial charge < -0.3 is 15.4 Å². The lowest BCUT2D eigenvalue weighted by Gasteiger charge is -2.28. The molecule has 1 unspecified atom stereocenters. The van der Waals surface area contributed by atoms with Crippen LogP contribution in [0.4, 0.5) is 10.2 Å². The van der Waals surface area contributed by atoms with Crippen molar-refractivity contribution in [3.8, 4) is 0 Å². The van der Waals surface area contributed by atoms with Gasteiger partial charge in [0.1, 0.15) is 11.6 Å². The molecule has 2 aromatic rings. The van der Waals surface area contributed by atoms with Gasteiger partial charge >= 0.3 is 0 Å². The number of nitrogens with one attached hydrogen (secondary N) is 2. The van der Waals surface area contributed by atoms with Gasteiger partial charge in [0.2, 0.25) is 0 Å². The summed E-state index contributed by atoms with van der Waals surface area (Å²) in [6.45, 7) is 5.94. The molecule has 1 aliphatic rings. The lowest BCUT2D eigenvalue weighted by molar-refractivity contribution is 0.176. The van der Waals surface area contributed by atoms with Gasteiger partial charge in [-0.2, -0.15) is 0 Å². The summed E-state index contributed by atoms with van der Waals surface area (Å²) in [6.07, 6.45) is 2.77. The molecule has 3 rings (SSSR count). The Kier molecular flexibility index (Phi) is 5.43. The van der Waals surface area contributed by atoms with Gasteiger partial charge in [-0.3, -0.25) is 0 Å². The summed E-state index contributed by atoms with van der Waals surface area (Å²) in [4.78, 5) is 4.29. The summed E-state index contributed by atoms with van der Waals surface area (Å²) in [5.74, 6) is 0.699. The number of rotatable bonds is 7. The van der Waals surface area contributed by atoms with Gasteiger partial charge in [0.05, 0.1) is 6.61 Å². The van der Waals surface area contributed by atoms with Crippen molar-refractivity contribution in [2.24, 2.45) is 0 Å². The van der Waals surface area contributed by atoms with Crippen LogP contribution in [0.2, 0.25) is 0 Å². The van der Waals surface area contributed by atoms with E-state index < -0.39 is 0 Å². The SMILES string of the molecule is Cc1ccnc(NCCNCC2(c3ccc(F)cc3)CCOC2)c1. The van der Waals surface area contributed by atoms with Crippen LogP contribution in [0, 0.1) is 12.7 Å². The van der Waals surface area contributed by atoms with Gasteiger partial charge in [0.15, 0.2) is 0 Å². The molecule has 128 valence electrons. The lowest BCUT2D eigenvalue weighted by atomic mass is 9.80. The Bertz CT molecular complexity index is 654. The lowest BCUT2D eigenvalue weighted by Crippen LogP contribution is -2.40. The summed E-state index contributed by atoms with van der Waals surface area (Å²) >= 11 is 0. The molecule has 1 saturated heterocycles. The zero-order valence-electron chi connectivity index (χ0n) is 14.0.